The van der Waals surface area contributed by atoms with Crippen LogP contribution in [0.2, 0.25) is 5.02 Å². The standard InChI is InChI=1S/C19H22ClN3O2/c1-2-22-9-11-23(12-10-22)18-7-5-15(14-17(18)20)21-19(24)8-6-16-4-3-13-25-16/h3-8,13-14H,2,9-12H2,1H3,(H,21,24). The molecule has 2 heterocycles. The number of furan rings is 1. The van der Waals surface area contributed by atoms with Crippen molar-refractivity contribution in [2.24, 2.45) is 0 Å². The van der Waals surface area contributed by atoms with Gasteiger partial charge in [-0.3, -0.25) is 4.79 Å². The van der Waals surface area contributed by atoms with Gasteiger partial charge in [0.25, 0.3) is 0 Å². The quantitative estimate of drug-likeness (QED) is 0.826. The van der Waals surface area contributed by atoms with Gasteiger partial charge < -0.3 is 19.5 Å². The molecule has 0 unspecified atom stereocenters. The van der Waals surface area contributed by atoms with E-state index in [1.807, 2.05) is 12.1 Å². The zero-order valence-electron chi connectivity index (χ0n) is 14.2. The molecule has 0 saturated carbocycles. The van der Waals surface area contributed by atoms with Crippen LogP contribution in [0.3, 0.4) is 0 Å². The fourth-order valence-electron chi connectivity index (χ4n) is 2.87. The van der Waals surface area contributed by atoms with Gasteiger partial charge in [-0.05, 0) is 43.0 Å². The monoisotopic (exact) mass is 359 g/mol. The number of carbonyl (C=O) groups excluding carboxylic acids is 1. The Morgan fingerprint density at radius 1 is 1.28 bits per heavy atom. The van der Waals surface area contributed by atoms with E-state index in [0.717, 1.165) is 38.4 Å². The van der Waals surface area contributed by atoms with Crippen LogP contribution in [0, 0.1) is 0 Å². The second-order valence-electron chi connectivity index (χ2n) is 5.93. The number of carbonyl (C=O) groups is 1. The highest BCUT2D eigenvalue weighted by Gasteiger charge is 2.18. The van der Waals surface area contributed by atoms with E-state index in [0.29, 0.717) is 16.5 Å². The summed E-state index contributed by atoms with van der Waals surface area (Å²) in [6, 6.07) is 9.20. The summed E-state index contributed by atoms with van der Waals surface area (Å²) in [5.74, 6) is 0.409. The third kappa shape index (κ3) is 4.65. The fraction of sp³-hybridized carbons (Fsp3) is 0.316. The first-order valence-electron chi connectivity index (χ1n) is 8.45. The Balaban J connectivity index is 1.61. The molecule has 25 heavy (non-hydrogen) atoms. The van der Waals surface area contributed by atoms with Crippen molar-refractivity contribution in [3.05, 3.63) is 53.5 Å². The van der Waals surface area contributed by atoms with Crippen LogP contribution in [0.1, 0.15) is 12.7 Å². The Morgan fingerprint density at radius 3 is 2.72 bits per heavy atom. The zero-order chi connectivity index (χ0) is 17.6. The fourth-order valence-corrected chi connectivity index (χ4v) is 3.17. The predicted octanol–water partition coefficient (Wildman–Crippen LogP) is 3.73. The van der Waals surface area contributed by atoms with Crippen LogP contribution in [0.4, 0.5) is 11.4 Å². The molecule has 3 rings (SSSR count). The molecule has 1 N–H and O–H groups in total. The van der Waals surface area contributed by atoms with Gasteiger partial charge in [-0.25, -0.2) is 0 Å². The first-order chi connectivity index (χ1) is 12.2. The molecule has 0 bridgehead atoms. The number of anilines is 2. The molecule has 132 valence electrons. The molecule has 1 aliphatic rings. The van der Waals surface area contributed by atoms with E-state index >= 15 is 0 Å². The van der Waals surface area contributed by atoms with Crippen LogP contribution in [0.5, 0.6) is 0 Å². The number of nitrogens with zero attached hydrogens (tertiary/aromatic N) is 2. The molecule has 1 amide bonds. The van der Waals surface area contributed by atoms with Gasteiger partial charge >= 0.3 is 0 Å². The Morgan fingerprint density at radius 2 is 2.08 bits per heavy atom. The van der Waals surface area contributed by atoms with Crippen molar-refractivity contribution in [3.63, 3.8) is 0 Å². The van der Waals surface area contributed by atoms with E-state index in [1.165, 1.54) is 6.08 Å². The van der Waals surface area contributed by atoms with Gasteiger partial charge in [0.1, 0.15) is 5.76 Å². The van der Waals surface area contributed by atoms with E-state index in [4.69, 9.17) is 16.0 Å². The molecule has 0 radical (unpaired) electrons. The van der Waals surface area contributed by atoms with E-state index in [9.17, 15) is 4.79 Å². The summed E-state index contributed by atoms with van der Waals surface area (Å²) in [5.41, 5.74) is 1.69. The molecule has 1 aliphatic heterocycles. The maximum atomic E-state index is 12.0. The van der Waals surface area contributed by atoms with Crippen LogP contribution in [-0.4, -0.2) is 43.5 Å². The predicted molar refractivity (Wildman–Crippen MR) is 102 cm³/mol. The second kappa shape index (κ2) is 8.23. The Labute approximate surface area is 152 Å². The molecular formula is C19H22ClN3O2. The average Bonchev–Trinajstić information content (AvgIpc) is 3.14. The Kier molecular flexibility index (Phi) is 5.79. The average molecular weight is 360 g/mol. The molecule has 5 nitrogen and oxygen atoms in total. The highest BCUT2D eigenvalue weighted by Crippen LogP contribution is 2.29. The molecule has 1 aromatic carbocycles. The summed E-state index contributed by atoms with van der Waals surface area (Å²) in [6.07, 6.45) is 4.62. The van der Waals surface area contributed by atoms with Crippen LogP contribution in [-0.2, 0) is 4.79 Å². The number of rotatable bonds is 5. The van der Waals surface area contributed by atoms with Crippen molar-refractivity contribution in [1.82, 2.24) is 4.90 Å². The molecular weight excluding hydrogens is 338 g/mol. The number of piperazine rings is 1. The van der Waals surface area contributed by atoms with E-state index in [2.05, 4.69) is 22.0 Å². The van der Waals surface area contributed by atoms with E-state index in [-0.39, 0.29) is 5.91 Å². The molecule has 0 aliphatic carbocycles. The number of nitrogens with one attached hydrogen (secondary N) is 1. The van der Waals surface area contributed by atoms with Crippen molar-refractivity contribution >= 4 is 35.0 Å². The topological polar surface area (TPSA) is 48.7 Å². The summed E-state index contributed by atoms with van der Waals surface area (Å²) in [7, 11) is 0. The summed E-state index contributed by atoms with van der Waals surface area (Å²) in [4.78, 5) is 16.7. The van der Waals surface area contributed by atoms with Gasteiger partial charge in [-0.1, -0.05) is 18.5 Å². The second-order valence-corrected chi connectivity index (χ2v) is 6.33. The maximum absolute atomic E-state index is 12.0. The Bertz CT molecular complexity index is 735. The number of benzene rings is 1. The lowest BCUT2D eigenvalue weighted by molar-refractivity contribution is -0.111. The maximum Gasteiger partial charge on any atom is 0.248 e. The number of halogens is 1. The molecule has 1 aromatic heterocycles. The van der Waals surface area contributed by atoms with Crippen molar-refractivity contribution in [3.8, 4) is 0 Å². The van der Waals surface area contributed by atoms with Crippen LogP contribution >= 0.6 is 11.6 Å². The van der Waals surface area contributed by atoms with Crippen LogP contribution in [0.25, 0.3) is 6.08 Å². The van der Waals surface area contributed by atoms with Gasteiger partial charge in [0.2, 0.25) is 5.91 Å². The van der Waals surface area contributed by atoms with Gasteiger partial charge in [0, 0.05) is 37.9 Å². The minimum Gasteiger partial charge on any atom is -0.465 e. The number of amides is 1. The highest BCUT2D eigenvalue weighted by molar-refractivity contribution is 6.33. The normalized spacial score (nSPS) is 15.7. The minimum atomic E-state index is -0.225. The molecule has 6 heteroatoms. The van der Waals surface area contributed by atoms with Crippen molar-refractivity contribution < 1.29 is 9.21 Å². The molecule has 1 saturated heterocycles. The van der Waals surface area contributed by atoms with Gasteiger partial charge in [0.15, 0.2) is 0 Å². The first kappa shape index (κ1) is 17.6. The third-order valence-electron chi connectivity index (χ3n) is 4.32. The summed E-state index contributed by atoms with van der Waals surface area (Å²) < 4.78 is 5.15. The lowest BCUT2D eigenvalue weighted by Crippen LogP contribution is -2.46. The highest BCUT2D eigenvalue weighted by atomic mass is 35.5. The minimum absolute atomic E-state index is 0.225. The smallest absolute Gasteiger partial charge is 0.248 e. The number of hydrogen-bond donors (Lipinski definition) is 1. The van der Waals surface area contributed by atoms with E-state index < -0.39 is 0 Å². The molecule has 2 aromatic rings. The lowest BCUT2D eigenvalue weighted by atomic mass is 10.2. The number of likely N-dealkylation sites (N-methyl/N-ethyl adjacent to an activating group) is 1. The molecule has 0 spiro atoms. The largest absolute Gasteiger partial charge is 0.465 e. The summed E-state index contributed by atoms with van der Waals surface area (Å²) in [5, 5.41) is 3.46. The van der Waals surface area contributed by atoms with Gasteiger partial charge in [-0.2, -0.15) is 0 Å². The third-order valence-corrected chi connectivity index (χ3v) is 4.62. The molecule has 1 fully saturated rings. The van der Waals surface area contributed by atoms with Crippen molar-refractivity contribution in [2.45, 2.75) is 6.92 Å². The lowest BCUT2D eigenvalue weighted by Gasteiger charge is -2.36. The van der Waals surface area contributed by atoms with Gasteiger partial charge in [-0.15, -0.1) is 0 Å². The first-order valence-corrected chi connectivity index (χ1v) is 8.83. The van der Waals surface area contributed by atoms with Crippen LogP contribution < -0.4 is 10.2 Å². The van der Waals surface area contributed by atoms with E-state index in [1.54, 1.807) is 30.5 Å². The SMILES string of the molecule is CCN1CCN(c2ccc(NC(=O)C=Cc3ccco3)cc2Cl)CC1. The Hall–Kier alpha value is -2.24. The van der Waals surface area contributed by atoms with Crippen molar-refractivity contribution in [1.29, 1.82) is 0 Å². The number of hydrogen-bond acceptors (Lipinski definition) is 4. The van der Waals surface area contributed by atoms with Crippen molar-refractivity contribution in [2.75, 3.05) is 42.9 Å². The summed E-state index contributed by atoms with van der Waals surface area (Å²) in [6.45, 7) is 7.28. The molecule has 0 atom stereocenters. The zero-order valence-corrected chi connectivity index (χ0v) is 15.0. The summed E-state index contributed by atoms with van der Waals surface area (Å²) >= 11 is 6.44. The van der Waals surface area contributed by atoms with Crippen LogP contribution in [0.15, 0.2) is 47.1 Å². The van der Waals surface area contributed by atoms with Gasteiger partial charge in [0.05, 0.1) is 17.0 Å².